The van der Waals surface area contributed by atoms with Crippen LogP contribution in [-0.2, 0) is 11.2 Å². The van der Waals surface area contributed by atoms with Crippen LogP contribution in [0.3, 0.4) is 0 Å². The Morgan fingerprint density at radius 1 is 1.13 bits per heavy atom. The summed E-state index contributed by atoms with van der Waals surface area (Å²) in [5.74, 6) is 1.22. The number of hydrogen-bond acceptors (Lipinski definition) is 4. The van der Waals surface area contributed by atoms with Gasteiger partial charge in [-0.1, -0.05) is 44.2 Å². The second-order valence-electron chi connectivity index (χ2n) is 7.92. The zero-order chi connectivity index (χ0) is 21.7. The Morgan fingerprint density at radius 2 is 1.87 bits per heavy atom. The van der Waals surface area contributed by atoms with Crippen LogP contribution >= 0.6 is 0 Å². The van der Waals surface area contributed by atoms with Gasteiger partial charge < -0.3 is 14.5 Å². The number of rotatable bonds is 8. The van der Waals surface area contributed by atoms with Crippen LogP contribution in [0.1, 0.15) is 42.9 Å². The second kappa shape index (κ2) is 9.61. The van der Waals surface area contributed by atoms with Gasteiger partial charge >= 0.3 is 5.63 Å². The van der Waals surface area contributed by atoms with Crippen LogP contribution in [0.2, 0.25) is 0 Å². The Hall–Kier alpha value is -3.08. The topological polar surface area (TPSA) is 68.5 Å². The summed E-state index contributed by atoms with van der Waals surface area (Å²) in [5.41, 5.74) is 2.71. The molecule has 0 fully saturated rings. The van der Waals surface area contributed by atoms with Gasteiger partial charge in [-0.25, -0.2) is 4.79 Å². The predicted octanol–water partition coefficient (Wildman–Crippen LogP) is 4.60. The van der Waals surface area contributed by atoms with Crippen molar-refractivity contribution in [3.05, 3.63) is 75.6 Å². The molecule has 2 aromatic carbocycles. The fraction of sp³-hybridized carbons (Fsp3) is 0.360. The highest BCUT2D eigenvalue weighted by atomic mass is 16.5. The smallest absolute Gasteiger partial charge is 0.339 e. The monoisotopic (exact) mass is 407 g/mol. The van der Waals surface area contributed by atoms with Gasteiger partial charge in [0.15, 0.2) is 0 Å². The van der Waals surface area contributed by atoms with Gasteiger partial charge in [0, 0.05) is 35.9 Å². The number of nitrogens with one attached hydrogen (secondary N) is 1. The molecule has 1 unspecified atom stereocenters. The molecule has 1 atom stereocenters. The minimum absolute atomic E-state index is 0.0646. The molecule has 1 amide bonds. The summed E-state index contributed by atoms with van der Waals surface area (Å²) >= 11 is 0. The Labute approximate surface area is 177 Å². The van der Waals surface area contributed by atoms with Crippen LogP contribution < -0.4 is 15.7 Å². The minimum atomic E-state index is -0.398. The highest BCUT2D eigenvalue weighted by Gasteiger charge is 2.18. The quantitative estimate of drug-likeness (QED) is 0.554. The van der Waals surface area contributed by atoms with Crippen LogP contribution in [0.15, 0.2) is 57.7 Å². The number of methoxy groups -OCH3 is 1. The highest BCUT2D eigenvalue weighted by Crippen LogP contribution is 2.25. The third kappa shape index (κ3) is 4.90. The van der Waals surface area contributed by atoms with Crippen LogP contribution in [0.4, 0.5) is 0 Å². The molecule has 1 N–H and O–H groups in total. The maximum absolute atomic E-state index is 12.5. The third-order valence-electron chi connectivity index (χ3n) is 5.65. The van der Waals surface area contributed by atoms with E-state index in [1.165, 1.54) is 5.56 Å². The zero-order valence-corrected chi connectivity index (χ0v) is 18.0. The van der Waals surface area contributed by atoms with E-state index in [4.69, 9.17) is 9.15 Å². The van der Waals surface area contributed by atoms with Gasteiger partial charge in [-0.3, -0.25) is 4.79 Å². The van der Waals surface area contributed by atoms with Crippen LogP contribution in [-0.4, -0.2) is 19.6 Å². The minimum Gasteiger partial charge on any atom is -0.497 e. The molecule has 0 radical (unpaired) electrons. The van der Waals surface area contributed by atoms with Gasteiger partial charge in [-0.15, -0.1) is 0 Å². The predicted molar refractivity (Wildman–Crippen MR) is 119 cm³/mol. The number of carbonyl (C=O) groups is 1. The van der Waals surface area contributed by atoms with Crippen molar-refractivity contribution in [1.29, 1.82) is 0 Å². The van der Waals surface area contributed by atoms with E-state index < -0.39 is 5.63 Å². The molecule has 30 heavy (non-hydrogen) atoms. The molecule has 3 rings (SSSR count). The molecule has 0 saturated heterocycles. The summed E-state index contributed by atoms with van der Waals surface area (Å²) in [6.45, 7) is 6.78. The number of carbonyl (C=O) groups excluding carboxylic acids is 1. The molecule has 1 heterocycles. The largest absolute Gasteiger partial charge is 0.497 e. The van der Waals surface area contributed by atoms with E-state index in [9.17, 15) is 9.59 Å². The van der Waals surface area contributed by atoms with Gasteiger partial charge in [-0.2, -0.15) is 0 Å². The summed E-state index contributed by atoms with van der Waals surface area (Å²) in [4.78, 5) is 25.0. The molecule has 5 heteroatoms. The average molecular weight is 408 g/mol. The number of ether oxygens (including phenoxy) is 1. The SMILES string of the molecule is COc1ccc2c(C)c(CCC(=O)NCC(c3ccccc3)C(C)C)c(=O)oc2c1. The second-order valence-corrected chi connectivity index (χ2v) is 7.92. The normalized spacial score (nSPS) is 12.2. The molecule has 1 aromatic heterocycles. The highest BCUT2D eigenvalue weighted by molar-refractivity contribution is 5.82. The summed E-state index contributed by atoms with van der Waals surface area (Å²) in [6.07, 6.45) is 0.590. The van der Waals surface area contributed by atoms with E-state index in [0.29, 0.717) is 35.8 Å². The third-order valence-corrected chi connectivity index (χ3v) is 5.65. The molecular formula is C25H29NO4. The summed E-state index contributed by atoms with van der Waals surface area (Å²) in [6, 6.07) is 15.6. The first-order chi connectivity index (χ1) is 14.4. The average Bonchev–Trinajstić information content (AvgIpc) is 2.73. The summed E-state index contributed by atoms with van der Waals surface area (Å²) in [7, 11) is 1.57. The standard InChI is InChI=1S/C25H29NO4/c1-16(2)22(18-8-6-5-7-9-18)15-26-24(27)13-12-21-17(3)20-11-10-19(29-4)14-23(20)30-25(21)28/h5-11,14,16,22H,12-13,15H2,1-4H3,(H,26,27). The molecule has 0 aliphatic carbocycles. The van der Waals surface area contributed by atoms with Crippen LogP contribution in [0, 0.1) is 12.8 Å². The first-order valence-corrected chi connectivity index (χ1v) is 10.3. The number of aryl methyl sites for hydroxylation is 1. The van der Waals surface area contributed by atoms with Crippen molar-refractivity contribution < 1.29 is 13.9 Å². The molecule has 5 nitrogen and oxygen atoms in total. The molecule has 0 spiro atoms. The fourth-order valence-electron chi connectivity index (χ4n) is 3.78. The van der Waals surface area contributed by atoms with E-state index in [1.807, 2.05) is 37.3 Å². The molecule has 158 valence electrons. The Bertz CT molecular complexity index is 1070. The van der Waals surface area contributed by atoms with E-state index in [2.05, 4.69) is 31.3 Å². The maximum atomic E-state index is 12.5. The lowest BCUT2D eigenvalue weighted by Gasteiger charge is -2.22. The first kappa shape index (κ1) is 21.6. The van der Waals surface area contributed by atoms with E-state index in [-0.39, 0.29) is 18.2 Å². The van der Waals surface area contributed by atoms with Crippen molar-refractivity contribution in [2.75, 3.05) is 13.7 Å². The molecule has 3 aromatic rings. The number of benzene rings is 2. The Kier molecular flexibility index (Phi) is 6.93. The van der Waals surface area contributed by atoms with Crippen molar-refractivity contribution in [1.82, 2.24) is 5.32 Å². The molecule has 0 aliphatic rings. The van der Waals surface area contributed by atoms with Gasteiger partial charge in [0.05, 0.1) is 7.11 Å². The van der Waals surface area contributed by atoms with Crippen molar-refractivity contribution in [3.8, 4) is 5.75 Å². The Balaban J connectivity index is 1.67. The lowest BCUT2D eigenvalue weighted by atomic mass is 9.88. The molecule has 0 aliphatic heterocycles. The number of hydrogen-bond donors (Lipinski definition) is 1. The lowest BCUT2D eigenvalue weighted by molar-refractivity contribution is -0.121. The first-order valence-electron chi connectivity index (χ1n) is 10.3. The fourth-order valence-corrected chi connectivity index (χ4v) is 3.78. The van der Waals surface area contributed by atoms with Gasteiger partial charge in [0.2, 0.25) is 5.91 Å². The van der Waals surface area contributed by atoms with Gasteiger partial charge in [0.25, 0.3) is 0 Å². The maximum Gasteiger partial charge on any atom is 0.339 e. The van der Waals surface area contributed by atoms with Crippen LogP contribution in [0.5, 0.6) is 5.75 Å². The molecular weight excluding hydrogens is 378 g/mol. The summed E-state index contributed by atoms with van der Waals surface area (Å²) in [5, 5.41) is 3.89. The van der Waals surface area contributed by atoms with Crippen molar-refractivity contribution in [3.63, 3.8) is 0 Å². The summed E-state index contributed by atoms with van der Waals surface area (Å²) < 4.78 is 10.7. The zero-order valence-electron chi connectivity index (χ0n) is 18.0. The van der Waals surface area contributed by atoms with Crippen molar-refractivity contribution >= 4 is 16.9 Å². The van der Waals surface area contributed by atoms with Crippen molar-refractivity contribution in [2.24, 2.45) is 5.92 Å². The van der Waals surface area contributed by atoms with E-state index >= 15 is 0 Å². The Morgan fingerprint density at radius 3 is 2.53 bits per heavy atom. The lowest BCUT2D eigenvalue weighted by Crippen LogP contribution is -2.31. The molecule has 0 bridgehead atoms. The van der Waals surface area contributed by atoms with E-state index in [1.54, 1.807) is 13.2 Å². The number of amides is 1. The van der Waals surface area contributed by atoms with Gasteiger partial charge in [-0.05, 0) is 42.5 Å². The number of fused-ring (bicyclic) bond motifs is 1. The van der Waals surface area contributed by atoms with Crippen LogP contribution in [0.25, 0.3) is 11.0 Å². The molecule has 0 saturated carbocycles. The van der Waals surface area contributed by atoms with Crippen molar-refractivity contribution in [2.45, 2.75) is 39.5 Å². The van der Waals surface area contributed by atoms with E-state index in [0.717, 1.165) is 10.9 Å². The van der Waals surface area contributed by atoms with Gasteiger partial charge in [0.1, 0.15) is 11.3 Å².